The zero-order chi connectivity index (χ0) is 13.8. The molecule has 0 aromatic carbocycles. The summed E-state index contributed by atoms with van der Waals surface area (Å²) in [7, 11) is 0. The molecule has 1 aromatic heterocycles. The molecule has 1 aliphatic rings. The highest BCUT2D eigenvalue weighted by atomic mass is 35.5. The van der Waals surface area contributed by atoms with Crippen LogP contribution in [0.4, 0.5) is 0 Å². The molecule has 0 bridgehead atoms. The Kier molecular flexibility index (Phi) is 5.03. The lowest BCUT2D eigenvalue weighted by atomic mass is 9.75. The van der Waals surface area contributed by atoms with Gasteiger partial charge < -0.3 is 4.74 Å². The Morgan fingerprint density at radius 1 is 1.32 bits per heavy atom. The molecule has 3 unspecified atom stereocenters. The Labute approximate surface area is 120 Å². The molecular weight excluding hydrogens is 260 g/mol. The molecule has 0 amide bonds. The van der Waals surface area contributed by atoms with Crippen molar-refractivity contribution in [1.82, 2.24) is 9.97 Å². The number of rotatable bonds is 4. The second-order valence-electron chi connectivity index (χ2n) is 5.96. The van der Waals surface area contributed by atoms with Crippen LogP contribution in [-0.4, -0.2) is 16.1 Å². The van der Waals surface area contributed by atoms with E-state index in [-0.39, 0.29) is 6.10 Å². The zero-order valence-corrected chi connectivity index (χ0v) is 12.7. The van der Waals surface area contributed by atoms with Crippen LogP contribution in [0.25, 0.3) is 0 Å². The number of hydrogen-bond acceptors (Lipinski definition) is 3. The van der Waals surface area contributed by atoms with Crippen LogP contribution >= 0.6 is 11.6 Å². The molecule has 4 heteroatoms. The maximum atomic E-state index is 6.08. The lowest BCUT2D eigenvalue weighted by Crippen LogP contribution is -2.36. The summed E-state index contributed by atoms with van der Waals surface area (Å²) >= 11 is 5.71. The molecule has 0 N–H and O–H groups in total. The standard InChI is InChI=1S/C15H23ClN2O/c1-10(2)13-5-4-11(3)6-14(13)19-15-9-17-12(7-16)8-18-15/h8-11,13-14H,4-7H2,1-3H3. The minimum atomic E-state index is 0.264. The molecular formula is C15H23ClN2O. The molecule has 1 saturated carbocycles. The predicted molar refractivity (Wildman–Crippen MR) is 77.3 cm³/mol. The van der Waals surface area contributed by atoms with E-state index in [4.69, 9.17) is 16.3 Å². The number of nitrogens with zero attached hydrogens (tertiary/aromatic N) is 2. The van der Waals surface area contributed by atoms with E-state index >= 15 is 0 Å². The van der Waals surface area contributed by atoms with Crippen LogP contribution < -0.4 is 4.74 Å². The molecule has 1 aliphatic carbocycles. The van der Waals surface area contributed by atoms with Gasteiger partial charge in [-0.2, -0.15) is 0 Å². The van der Waals surface area contributed by atoms with E-state index in [0.29, 0.717) is 23.6 Å². The summed E-state index contributed by atoms with van der Waals surface area (Å²) in [4.78, 5) is 8.53. The molecule has 3 nitrogen and oxygen atoms in total. The van der Waals surface area contributed by atoms with Gasteiger partial charge in [0.25, 0.3) is 0 Å². The van der Waals surface area contributed by atoms with Crippen molar-refractivity contribution in [1.29, 1.82) is 0 Å². The molecule has 1 heterocycles. The first-order valence-corrected chi connectivity index (χ1v) is 7.67. The lowest BCUT2D eigenvalue weighted by Gasteiger charge is -2.36. The fourth-order valence-corrected chi connectivity index (χ4v) is 3.02. The van der Waals surface area contributed by atoms with Crippen LogP contribution in [0.3, 0.4) is 0 Å². The SMILES string of the molecule is CC1CCC(C(C)C)C(Oc2cnc(CCl)cn2)C1. The van der Waals surface area contributed by atoms with Crippen LogP contribution in [-0.2, 0) is 5.88 Å². The summed E-state index contributed by atoms with van der Waals surface area (Å²) in [5.41, 5.74) is 0.784. The van der Waals surface area contributed by atoms with Crippen LogP contribution in [0.5, 0.6) is 5.88 Å². The van der Waals surface area contributed by atoms with Crippen molar-refractivity contribution in [2.24, 2.45) is 17.8 Å². The molecule has 0 radical (unpaired) electrons. The van der Waals surface area contributed by atoms with Gasteiger partial charge in [-0.25, -0.2) is 4.98 Å². The highest BCUT2D eigenvalue weighted by Crippen LogP contribution is 2.35. The van der Waals surface area contributed by atoms with E-state index in [9.17, 15) is 0 Å². The summed E-state index contributed by atoms with van der Waals surface area (Å²) < 4.78 is 6.08. The van der Waals surface area contributed by atoms with E-state index in [2.05, 4.69) is 30.7 Å². The van der Waals surface area contributed by atoms with Crippen molar-refractivity contribution in [2.75, 3.05) is 0 Å². The molecule has 1 fully saturated rings. The van der Waals surface area contributed by atoms with Crippen LogP contribution in [0.1, 0.15) is 45.7 Å². The minimum absolute atomic E-state index is 0.264. The average Bonchev–Trinajstić information content (AvgIpc) is 2.39. The predicted octanol–water partition coefficient (Wildman–Crippen LogP) is 4.06. The normalized spacial score (nSPS) is 27.5. The number of aromatic nitrogens is 2. The topological polar surface area (TPSA) is 35.0 Å². The fraction of sp³-hybridized carbons (Fsp3) is 0.733. The molecule has 3 atom stereocenters. The highest BCUT2D eigenvalue weighted by molar-refractivity contribution is 6.16. The van der Waals surface area contributed by atoms with E-state index in [1.807, 2.05) is 0 Å². The maximum Gasteiger partial charge on any atom is 0.232 e. The second-order valence-corrected chi connectivity index (χ2v) is 6.23. The summed E-state index contributed by atoms with van der Waals surface area (Å²) in [5, 5.41) is 0. The third-order valence-corrected chi connectivity index (χ3v) is 4.33. The Morgan fingerprint density at radius 2 is 2.11 bits per heavy atom. The first-order chi connectivity index (χ1) is 9.10. The van der Waals surface area contributed by atoms with Crippen LogP contribution in [0, 0.1) is 17.8 Å². The molecule has 2 rings (SSSR count). The van der Waals surface area contributed by atoms with Gasteiger partial charge in [-0.05, 0) is 30.6 Å². The van der Waals surface area contributed by atoms with Crippen molar-refractivity contribution >= 4 is 11.6 Å². The number of hydrogen-bond donors (Lipinski definition) is 0. The Balaban J connectivity index is 2.05. The first kappa shape index (κ1) is 14.6. The minimum Gasteiger partial charge on any atom is -0.473 e. The van der Waals surface area contributed by atoms with Gasteiger partial charge >= 0.3 is 0 Å². The second kappa shape index (κ2) is 6.56. The van der Waals surface area contributed by atoms with E-state index in [1.54, 1.807) is 12.4 Å². The van der Waals surface area contributed by atoms with Crippen molar-refractivity contribution in [3.8, 4) is 5.88 Å². The molecule has 0 aliphatic heterocycles. The number of ether oxygens (including phenoxy) is 1. The van der Waals surface area contributed by atoms with Gasteiger partial charge in [0, 0.05) is 0 Å². The van der Waals surface area contributed by atoms with Gasteiger partial charge in [-0.15, -0.1) is 11.6 Å². The fourth-order valence-electron chi connectivity index (χ4n) is 2.88. The molecule has 0 saturated heterocycles. The van der Waals surface area contributed by atoms with Crippen molar-refractivity contribution in [3.05, 3.63) is 18.1 Å². The van der Waals surface area contributed by atoms with Crippen molar-refractivity contribution in [3.63, 3.8) is 0 Å². The van der Waals surface area contributed by atoms with Gasteiger partial charge in [-0.1, -0.05) is 27.2 Å². The monoisotopic (exact) mass is 282 g/mol. The van der Waals surface area contributed by atoms with Crippen LogP contribution in [0.2, 0.25) is 0 Å². The largest absolute Gasteiger partial charge is 0.473 e. The Bertz CT molecular complexity index is 394. The summed E-state index contributed by atoms with van der Waals surface area (Å²) in [6.45, 7) is 6.85. The first-order valence-electron chi connectivity index (χ1n) is 7.13. The molecule has 0 spiro atoms. The van der Waals surface area contributed by atoms with Crippen molar-refractivity contribution < 1.29 is 4.74 Å². The summed E-state index contributed by atoms with van der Waals surface area (Å²) in [5.74, 6) is 3.01. The average molecular weight is 283 g/mol. The Morgan fingerprint density at radius 3 is 2.68 bits per heavy atom. The van der Waals surface area contributed by atoms with Gasteiger partial charge in [0.1, 0.15) is 6.10 Å². The van der Waals surface area contributed by atoms with Crippen molar-refractivity contribution in [2.45, 2.75) is 52.0 Å². The molecule has 19 heavy (non-hydrogen) atoms. The highest BCUT2D eigenvalue weighted by Gasteiger charge is 2.32. The van der Waals surface area contributed by atoms with Gasteiger partial charge in [0.15, 0.2) is 0 Å². The quantitative estimate of drug-likeness (QED) is 0.781. The maximum absolute atomic E-state index is 6.08. The molecule has 1 aromatic rings. The third-order valence-electron chi connectivity index (χ3n) is 4.05. The smallest absolute Gasteiger partial charge is 0.232 e. The third kappa shape index (κ3) is 3.82. The lowest BCUT2D eigenvalue weighted by molar-refractivity contribution is 0.0423. The van der Waals surface area contributed by atoms with E-state index in [0.717, 1.165) is 18.0 Å². The Hall–Kier alpha value is -0.830. The van der Waals surface area contributed by atoms with Gasteiger partial charge in [0.05, 0.1) is 24.0 Å². The number of alkyl halides is 1. The summed E-state index contributed by atoms with van der Waals surface area (Å²) in [6, 6.07) is 0. The number of halogens is 1. The van der Waals surface area contributed by atoms with E-state index < -0.39 is 0 Å². The van der Waals surface area contributed by atoms with Gasteiger partial charge in [-0.3, -0.25) is 4.98 Å². The van der Waals surface area contributed by atoms with Gasteiger partial charge in [0.2, 0.25) is 5.88 Å². The van der Waals surface area contributed by atoms with Crippen LogP contribution in [0.15, 0.2) is 12.4 Å². The summed E-state index contributed by atoms with van der Waals surface area (Å²) in [6.07, 6.45) is 7.31. The molecule has 106 valence electrons. The van der Waals surface area contributed by atoms with E-state index in [1.165, 1.54) is 12.8 Å². The zero-order valence-electron chi connectivity index (χ0n) is 12.0.